The lowest BCUT2D eigenvalue weighted by Crippen LogP contribution is -2.13. The number of rotatable bonds is 4. The predicted octanol–water partition coefficient (Wildman–Crippen LogP) is 2.54. The minimum absolute atomic E-state index is 0.0103. The molecule has 1 aromatic heterocycles. The van der Waals surface area contributed by atoms with Crippen molar-refractivity contribution < 1.29 is 10.1 Å². The number of oxime groups is 1. The normalized spacial score (nSPS) is 11.4. The van der Waals surface area contributed by atoms with Crippen molar-refractivity contribution in [2.24, 2.45) is 10.9 Å². The first-order valence-electron chi connectivity index (χ1n) is 5.89. The molecule has 8 heteroatoms. The molecule has 0 atom stereocenters. The number of pyridine rings is 1. The first-order chi connectivity index (χ1) is 10.0. The standard InChI is InChI=1S/C13H12N4O3S/c1-8-6-9(13(14)16-18)7-12(15-8)21-11-5-3-2-4-10(11)17(19)20/h2-7,18H,1H3,(H2,14,16). The SMILES string of the molecule is Cc1cc(/C(N)=N/O)cc(Sc2ccccc2[N+](=O)[O-])n1. The number of nitro groups is 1. The molecule has 0 saturated carbocycles. The van der Waals surface area contributed by atoms with Gasteiger partial charge >= 0.3 is 0 Å². The van der Waals surface area contributed by atoms with Crippen LogP contribution in [-0.4, -0.2) is 21.0 Å². The Morgan fingerprint density at radius 3 is 2.81 bits per heavy atom. The summed E-state index contributed by atoms with van der Waals surface area (Å²) in [6.07, 6.45) is 0. The number of nitrogens with zero attached hydrogens (tertiary/aromatic N) is 3. The third kappa shape index (κ3) is 3.48. The summed E-state index contributed by atoms with van der Waals surface area (Å²) in [6.45, 7) is 1.76. The number of amidine groups is 1. The maximum atomic E-state index is 11.0. The van der Waals surface area contributed by atoms with Gasteiger partial charge in [-0.25, -0.2) is 4.98 Å². The molecule has 1 aromatic carbocycles. The van der Waals surface area contributed by atoms with Gasteiger partial charge in [0.15, 0.2) is 5.84 Å². The van der Waals surface area contributed by atoms with Gasteiger partial charge in [0.05, 0.1) is 9.82 Å². The minimum Gasteiger partial charge on any atom is -0.409 e. The van der Waals surface area contributed by atoms with Crippen molar-refractivity contribution in [2.75, 3.05) is 0 Å². The molecule has 0 unspecified atom stereocenters. The minimum atomic E-state index is -0.442. The van der Waals surface area contributed by atoms with Crippen LogP contribution in [0.15, 0.2) is 51.5 Å². The molecule has 108 valence electrons. The van der Waals surface area contributed by atoms with E-state index in [1.807, 2.05) is 0 Å². The Morgan fingerprint density at radius 1 is 1.43 bits per heavy atom. The van der Waals surface area contributed by atoms with Crippen LogP contribution in [-0.2, 0) is 0 Å². The number of benzene rings is 1. The summed E-state index contributed by atoms with van der Waals surface area (Å²) in [7, 11) is 0. The van der Waals surface area contributed by atoms with Crippen molar-refractivity contribution in [3.05, 3.63) is 57.8 Å². The molecule has 1 heterocycles. The predicted molar refractivity (Wildman–Crippen MR) is 78.7 cm³/mol. The highest BCUT2D eigenvalue weighted by Gasteiger charge is 2.15. The van der Waals surface area contributed by atoms with Crippen molar-refractivity contribution in [3.63, 3.8) is 0 Å². The van der Waals surface area contributed by atoms with E-state index in [9.17, 15) is 10.1 Å². The van der Waals surface area contributed by atoms with Crippen LogP contribution in [0.3, 0.4) is 0 Å². The van der Waals surface area contributed by atoms with Crippen LogP contribution < -0.4 is 5.73 Å². The van der Waals surface area contributed by atoms with Gasteiger partial charge in [0.25, 0.3) is 5.69 Å². The Hall–Kier alpha value is -2.61. The molecule has 0 amide bonds. The molecule has 0 radical (unpaired) electrons. The second kappa shape index (κ2) is 6.23. The molecule has 21 heavy (non-hydrogen) atoms. The molecule has 0 bridgehead atoms. The Kier molecular flexibility index (Phi) is 4.39. The zero-order valence-corrected chi connectivity index (χ0v) is 11.9. The molecule has 0 aliphatic carbocycles. The third-order valence-corrected chi connectivity index (χ3v) is 3.59. The summed E-state index contributed by atoms with van der Waals surface area (Å²) in [5.74, 6) is -0.0371. The Bertz CT molecular complexity index is 718. The van der Waals surface area contributed by atoms with Gasteiger partial charge in [-0.1, -0.05) is 29.1 Å². The van der Waals surface area contributed by atoms with E-state index in [0.29, 0.717) is 21.2 Å². The zero-order chi connectivity index (χ0) is 15.4. The second-order valence-corrected chi connectivity index (χ2v) is 5.21. The van der Waals surface area contributed by atoms with E-state index in [2.05, 4.69) is 10.1 Å². The van der Waals surface area contributed by atoms with E-state index in [1.165, 1.54) is 6.07 Å². The van der Waals surface area contributed by atoms with Crippen LogP contribution in [0.2, 0.25) is 0 Å². The molecule has 0 fully saturated rings. The van der Waals surface area contributed by atoms with Gasteiger partial charge in [0, 0.05) is 17.3 Å². The smallest absolute Gasteiger partial charge is 0.283 e. The lowest BCUT2D eigenvalue weighted by molar-refractivity contribution is -0.387. The lowest BCUT2D eigenvalue weighted by Gasteiger charge is -2.06. The summed E-state index contributed by atoms with van der Waals surface area (Å²) in [6, 6.07) is 9.68. The summed E-state index contributed by atoms with van der Waals surface area (Å²) in [4.78, 5) is 15.3. The summed E-state index contributed by atoms with van der Waals surface area (Å²) in [5, 5.41) is 23.2. The Morgan fingerprint density at radius 2 is 2.14 bits per heavy atom. The number of aromatic nitrogens is 1. The highest BCUT2D eigenvalue weighted by atomic mass is 32.2. The molecule has 0 spiro atoms. The summed E-state index contributed by atoms with van der Waals surface area (Å²) < 4.78 is 0. The molecule has 2 aromatic rings. The molecular formula is C13H12N4O3S. The molecule has 0 saturated heterocycles. The third-order valence-electron chi connectivity index (χ3n) is 2.61. The van der Waals surface area contributed by atoms with Gasteiger partial charge < -0.3 is 10.9 Å². The molecular weight excluding hydrogens is 292 g/mol. The number of nitrogens with two attached hydrogens (primary N) is 1. The van der Waals surface area contributed by atoms with E-state index in [-0.39, 0.29) is 11.5 Å². The Balaban J connectivity index is 2.41. The number of nitro benzene ring substituents is 1. The maximum absolute atomic E-state index is 11.0. The lowest BCUT2D eigenvalue weighted by atomic mass is 10.2. The molecule has 7 nitrogen and oxygen atoms in total. The average molecular weight is 304 g/mol. The van der Waals surface area contributed by atoms with Gasteiger partial charge in [-0.05, 0) is 25.1 Å². The van der Waals surface area contributed by atoms with Crippen LogP contribution in [0.4, 0.5) is 5.69 Å². The van der Waals surface area contributed by atoms with Crippen molar-refractivity contribution in [1.29, 1.82) is 0 Å². The molecule has 2 rings (SSSR count). The van der Waals surface area contributed by atoms with Crippen molar-refractivity contribution >= 4 is 23.3 Å². The van der Waals surface area contributed by atoms with Gasteiger partial charge in [0.2, 0.25) is 0 Å². The highest BCUT2D eigenvalue weighted by Crippen LogP contribution is 2.33. The number of aryl methyl sites for hydroxylation is 1. The van der Waals surface area contributed by atoms with E-state index < -0.39 is 4.92 Å². The fourth-order valence-electron chi connectivity index (χ4n) is 1.70. The fourth-order valence-corrected chi connectivity index (χ4v) is 2.70. The van der Waals surface area contributed by atoms with E-state index >= 15 is 0 Å². The van der Waals surface area contributed by atoms with Gasteiger partial charge in [-0.2, -0.15) is 0 Å². The fraction of sp³-hybridized carbons (Fsp3) is 0.0769. The largest absolute Gasteiger partial charge is 0.409 e. The first-order valence-corrected chi connectivity index (χ1v) is 6.71. The molecule has 0 aliphatic rings. The zero-order valence-electron chi connectivity index (χ0n) is 11.1. The van der Waals surface area contributed by atoms with Gasteiger partial charge in [-0.3, -0.25) is 10.1 Å². The van der Waals surface area contributed by atoms with Crippen LogP contribution >= 0.6 is 11.8 Å². The molecule has 3 N–H and O–H groups in total. The van der Waals surface area contributed by atoms with Crippen LogP contribution in [0.5, 0.6) is 0 Å². The highest BCUT2D eigenvalue weighted by molar-refractivity contribution is 7.99. The van der Waals surface area contributed by atoms with E-state index in [4.69, 9.17) is 10.9 Å². The topological polar surface area (TPSA) is 115 Å². The van der Waals surface area contributed by atoms with Crippen molar-refractivity contribution in [2.45, 2.75) is 16.8 Å². The van der Waals surface area contributed by atoms with Crippen molar-refractivity contribution in [1.82, 2.24) is 4.98 Å². The van der Waals surface area contributed by atoms with Crippen molar-refractivity contribution in [3.8, 4) is 0 Å². The van der Waals surface area contributed by atoms with E-state index in [0.717, 1.165) is 11.8 Å². The van der Waals surface area contributed by atoms with Crippen LogP contribution in [0.1, 0.15) is 11.3 Å². The Labute approximate surface area is 124 Å². The second-order valence-electron chi connectivity index (χ2n) is 4.15. The monoisotopic (exact) mass is 304 g/mol. The quantitative estimate of drug-likeness (QED) is 0.295. The van der Waals surface area contributed by atoms with Gasteiger partial charge in [-0.15, -0.1) is 0 Å². The van der Waals surface area contributed by atoms with Crippen LogP contribution in [0.25, 0.3) is 0 Å². The summed E-state index contributed by atoms with van der Waals surface area (Å²) in [5.41, 5.74) is 6.74. The maximum Gasteiger partial charge on any atom is 0.283 e. The number of para-hydroxylation sites is 1. The number of hydrogen-bond acceptors (Lipinski definition) is 6. The van der Waals surface area contributed by atoms with Gasteiger partial charge in [0.1, 0.15) is 5.03 Å². The number of hydrogen-bond donors (Lipinski definition) is 2. The van der Waals surface area contributed by atoms with Crippen LogP contribution in [0, 0.1) is 17.0 Å². The summed E-state index contributed by atoms with van der Waals surface area (Å²) >= 11 is 1.15. The average Bonchev–Trinajstić information content (AvgIpc) is 2.46. The molecule has 0 aliphatic heterocycles. The van der Waals surface area contributed by atoms with E-state index in [1.54, 1.807) is 37.3 Å². The first kappa shape index (κ1) is 14.8.